The van der Waals surface area contributed by atoms with Gasteiger partial charge in [0.2, 0.25) is 0 Å². The molecule has 15 heavy (non-hydrogen) atoms. The minimum Gasteiger partial charge on any atom is 0 e. The smallest absolute Gasteiger partial charge is 0 e. The van der Waals surface area contributed by atoms with Gasteiger partial charge in [0, 0.05) is 39.9 Å². The van der Waals surface area contributed by atoms with Crippen LogP contribution in [0.15, 0.2) is 12.1 Å². The third kappa shape index (κ3) is 5.45. The van der Waals surface area contributed by atoms with Gasteiger partial charge in [-0.3, -0.25) is 0 Å². The fourth-order valence-corrected chi connectivity index (χ4v) is 0.728. The first-order valence-corrected chi connectivity index (χ1v) is 3.00. The topological polar surface area (TPSA) is 98.0 Å². The van der Waals surface area contributed by atoms with E-state index in [9.17, 15) is 4.79 Å². The van der Waals surface area contributed by atoms with E-state index in [-0.39, 0.29) is 82.7 Å². The number of carboxylic acid groups (broad SMARTS) is 1. The molecule has 0 aliphatic carbocycles. The molecule has 0 atom stereocenters. The maximum Gasteiger partial charge on any atom is 0 e. The van der Waals surface area contributed by atoms with Crippen LogP contribution < -0.4 is 0 Å². The zero-order valence-electron chi connectivity index (χ0n) is 6.21. The summed E-state index contributed by atoms with van der Waals surface area (Å²) in [4.78, 5) is 10.3. The zero-order valence-corrected chi connectivity index (χ0v) is 8.47. The Morgan fingerprint density at radius 2 is 1.40 bits per heavy atom. The van der Waals surface area contributed by atoms with Crippen molar-refractivity contribution in [2.45, 2.75) is 0 Å². The number of rotatable bonds is 1. The molecule has 0 saturated carbocycles. The van der Waals surface area contributed by atoms with E-state index >= 15 is 0 Å². The van der Waals surface area contributed by atoms with E-state index in [0.717, 1.165) is 12.1 Å². The van der Waals surface area contributed by atoms with E-state index in [4.69, 9.17) is 20.4 Å². The molecule has 5 nitrogen and oxygen atoms in total. The fourth-order valence-electron chi connectivity index (χ4n) is 0.728. The number of carboxylic acids is 1. The number of phenolic OH excluding ortho intramolecular Hbond substituents is 3. The number of phenols is 3. The number of aromatic hydroxyl groups is 3. The Morgan fingerprint density at radius 3 is 1.67 bits per heavy atom. The van der Waals surface area contributed by atoms with Gasteiger partial charge >= 0.3 is 25.8 Å². The van der Waals surface area contributed by atoms with E-state index in [2.05, 4.69) is 0 Å². The average Bonchev–Trinajstić information content (AvgIpc) is 1.99. The summed E-state index contributed by atoms with van der Waals surface area (Å²) < 4.78 is 0. The van der Waals surface area contributed by atoms with Gasteiger partial charge in [-0.1, -0.05) is 0 Å². The molecule has 0 heterocycles. The van der Waals surface area contributed by atoms with Crippen LogP contribution in [0, 0.1) is 39.9 Å². The van der Waals surface area contributed by atoms with E-state index in [1.54, 1.807) is 0 Å². The Labute approximate surface area is 141 Å². The van der Waals surface area contributed by atoms with Gasteiger partial charge in [0.15, 0.2) is 34.6 Å². The summed E-state index contributed by atoms with van der Waals surface area (Å²) in [5.74, 6) is -3.33. The molecular weight excluding hydrogens is 418 g/mol. The van der Waals surface area contributed by atoms with Crippen molar-refractivity contribution in [1.82, 2.24) is 0 Å². The molecule has 0 saturated heterocycles. The molecule has 0 fully saturated rings. The minimum atomic E-state index is -1.29. The van der Waals surface area contributed by atoms with Crippen molar-refractivity contribution in [1.29, 1.82) is 0 Å². The first-order valence-electron chi connectivity index (χ1n) is 3.00. The number of hydrogen-bond donors (Lipinski definition) is 4. The van der Waals surface area contributed by atoms with Crippen LogP contribution in [-0.2, 0) is 0 Å². The third-order valence-corrected chi connectivity index (χ3v) is 1.32. The van der Waals surface area contributed by atoms with Gasteiger partial charge in [0.05, 0.1) is 5.56 Å². The molecule has 0 spiro atoms. The molecule has 84 valence electrons. The molecule has 8 heteroatoms. The van der Waals surface area contributed by atoms with Crippen molar-refractivity contribution in [3.05, 3.63) is 17.7 Å². The van der Waals surface area contributed by atoms with Gasteiger partial charge in [0.1, 0.15) is 0 Å². The summed E-state index contributed by atoms with van der Waals surface area (Å²) in [5, 5.41) is 35.0. The maximum absolute atomic E-state index is 10.3. The van der Waals surface area contributed by atoms with Crippen LogP contribution >= 0.6 is 0 Å². The molecule has 0 amide bonds. The van der Waals surface area contributed by atoms with Crippen molar-refractivity contribution >= 4 is 43.1 Å². The summed E-state index contributed by atoms with van der Waals surface area (Å²) in [6, 6.07) is 1.69. The predicted molar refractivity (Wildman–Crippen MR) is 58.3 cm³/mol. The maximum atomic E-state index is 10.3. The van der Waals surface area contributed by atoms with Crippen LogP contribution in [0.3, 0.4) is 0 Å². The molecule has 0 aliphatic rings. The first kappa shape index (κ1) is 20.9. The zero-order chi connectivity index (χ0) is 9.30. The summed E-state index contributed by atoms with van der Waals surface area (Å²) in [6.45, 7) is 0. The molecule has 0 aromatic heterocycles. The van der Waals surface area contributed by atoms with Gasteiger partial charge in [-0.05, 0) is 12.1 Å². The van der Waals surface area contributed by atoms with Crippen molar-refractivity contribution in [3.63, 3.8) is 0 Å². The molecule has 4 N–H and O–H groups in total. The molecule has 1 aromatic carbocycles. The minimum absolute atomic E-state index is 0. The van der Waals surface area contributed by atoms with Crippen LogP contribution in [0.2, 0.25) is 0 Å². The monoisotopic (exact) mass is 430 g/mol. The predicted octanol–water partition coefficient (Wildman–Crippen LogP) is -1.87. The van der Waals surface area contributed by atoms with Gasteiger partial charge in [-0.15, -0.1) is 0 Å². The van der Waals surface area contributed by atoms with E-state index in [1.165, 1.54) is 0 Å². The van der Waals surface area contributed by atoms with E-state index < -0.39 is 23.2 Å². The number of benzene rings is 1. The Hall–Kier alpha value is 0.584. The van der Waals surface area contributed by atoms with Crippen LogP contribution in [0.1, 0.15) is 10.4 Å². The Kier molecular flexibility index (Phi) is 12.1. The second-order valence-electron chi connectivity index (χ2n) is 2.17. The summed E-state index contributed by atoms with van der Waals surface area (Å²) in [6.07, 6.45) is 0. The SMILES string of the molecule is O=C(O)c1cc(O)c(O)c(O)c1.[AlH3].[GaH3].[Gd]. The molecule has 0 unspecified atom stereocenters. The second-order valence-corrected chi connectivity index (χ2v) is 2.17. The number of aromatic carboxylic acids is 1. The Morgan fingerprint density at radius 1 is 1.07 bits per heavy atom. The molecule has 0 bridgehead atoms. The van der Waals surface area contributed by atoms with Crippen LogP contribution in [0.5, 0.6) is 17.2 Å². The van der Waals surface area contributed by atoms with Gasteiger partial charge in [-0.2, -0.15) is 0 Å². The van der Waals surface area contributed by atoms with Crippen molar-refractivity contribution < 1.29 is 65.2 Å². The molecule has 1 rings (SSSR count). The van der Waals surface area contributed by atoms with Gasteiger partial charge < -0.3 is 20.4 Å². The standard InChI is InChI=1S/C7H6O5.Al.Ga.Gd.6H/c8-4-1-3(7(11)12)2-5(9)6(4)10;;;;;;;;;/h1-2,8-10H,(H,11,12);;;;;;;;;. The summed E-state index contributed by atoms with van der Waals surface area (Å²) >= 11 is 0. The Balaban J connectivity index is -0.000000480. The molecular formula is C7H12AlGaGdO5. The average molecular weight is 430 g/mol. The van der Waals surface area contributed by atoms with Crippen LogP contribution in [0.25, 0.3) is 0 Å². The van der Waals surface area contributed by atoms with Crippen LogP contribution in [0.4, 0.5) is 0 Å². The fraction of sp³-hybridized carbons (Fsp3) is 0. The van der Waals surface area contributed by atoms with E-state index in [0.29, 0.717) is 0 Å². The summed E-state index contributed by atoms with van der Waals surface area (Å²) in [5.41, 5.74) is -0.289. The van der Waals surface area contributed by atoms with Crippen molar-refractivity contribution in [3.8, 4) is 17.2 Å². The first-order chi connectivity index (χ1) is 5.52. The van der Waals surface area contributed by atoms with Crippen molar-refractivity contribution in [2.24, 2.45) is 0 Å². The van der Waals surface area contributed by atoms with Crippen molar-refractivity contribution in [2.75, 3.05) is 0 Å². The molecule has 1 aromatic rings. The van der Waals surface area contributed by atoms with E-state index in [1.807, 2.05) is 0 Å². The summed E-state index contributed by atoms with van der Waals surface area (Å²) in [7, 11) is 0. The normalized spacial score (nSPS) is 7.73. The molecule has 0 radical (unpaired) electrons. The number of hydrogen-bond acceptors (Lipinski definition) is 4. The van der Waals surface area contributed by atoms with Gasteiger partial charge in [-0.25, -0.2) is 4.79 Å². The van der Waals surface area contributed by atoms with Gasteiger partial charge in [0.25, 0.3) is 0 Å². The largest absolute Gasteiger partial charge is 0 e. The third-order valence-electron chi connectivity index (χ3n) is 1.32. The second kappa shape index (κ2) is 8.70. The quantitative estimate of drug-likeness (QED) is 0.310. The van der Waals surface area contributed by atoms with Crippen LogP contribution in [-0.4, -0.2) is 63.5 Å². The Bertz CT molecular complexity index is 323. The number of carbonyl (C=O) groups is 1. The molecule has 0 aliphatic heterocycles.